The van der Waals surface area contributed by atoms with Crippen molar-refractivity contribution in [2.24, 2.45) is 17.8 Å². The summed E-state index contributed by atoms with van der Waals surface area (Å²) in [6.07, 6.45) is 9.64. The molecule has 42 heavy (non-hydrogen) atoms. The molecule has 1 saturated heterocycles. The van der Waals surface area contributed by atoms with Crippen LogP contribution in [0.2, 0.25) is 0 Å². The van der Waals surface area contributed by atoms with Crippen molar-refractivity contribution in [2.75, 3.05) is 18.0 Å². The largest absolute Gasteiger partial charge is 0.356 e. The third-order valence-corrected chi connectivity index (χ3v) is 9.24. The average molecular weight is 559 g/mol. The molecular formula is C34H39BN6O. The number of carbonyl (C=O) groups is 1. The van der Waals surface area contributed by atoms with Crippen LogP contribution in [0.3, 0.4) is 0 Å². The Morgan fingerprint density at radius 2 is 1.93 bits per heavy atom. The van der Waals surface area contributed by atoms with Crippen molar-refractivity contribution in [1.29, 1.82) is 5.26 Å². The number of nitrogens with one attached hydrogen (secondary N) is 1. The van der Waals surface area contributed by atoms with Crippen LogP contribution in [-0.2, 0) is 6.42 Å². The van der Waals surface area contributed by atoms with Crippen molar-refractivity contribution < 1.29 is 4.79 Å². The van der Waals surface area contributed by atoms with Crippen molar-refractivity contribution in [1.82, 2.24) is 19.9 Å². The lowest BCUT2D eigenvalue weighted by Crippen LogP contribution is -2.45. The lowest BCUT2D eigenvalue weighted by Gasteiger charge is -2.29. The van der Waals surface area contributed by atoms with E-state index in [-0.39, 0.29) is 11.4 Å². The molecule has 1 aliphatic carbocycles. The Balaban J connectivity index is 1.16. The Labute approximate surface area is 249 Å². The van der Waals surface area contributed by atoms with E-state index in [1.807, 2.05) is 43.8 Å². The fraction of sp³-hybridized carbons (Fsp3) is 0.412. The number of fused-ring (bicyclic) bond motifs is 2. The standard InChI is InChI=1S/C34H39BN6O/c1-21(2)5-7-23-11-30(32-27(15-36)17-38-41(32)18-23)24-8-10-31(37-16-24)40-19-25-13-34(4,14-26(25)20-40)39-33(42)29-12-28(35)9-6-22(29)3/h6,8-12,16-18,21,25-26H,5,7,13-14,19-20,35H2,1-4H3,(H,39,42). The zero-order chi connectivity index (χ0) is 29.6. The molecule has 3 aromatic heterocycles. The number of nitrogens with zero attached hydrogens (tertiary/aromatic N) is 5. The smallest absolute Gasteiger partial charge is 0.251 e. The van der Waals surface area contributed by atoms with Gasteiger partial charge < -0.3 is 10.2 Å². The Kier molecular flexibility index (Phi) is 7.30. The average Bonchev–Trinajstić information content (AvgIpc) is 3.64. The SMILES string of the molecule is Bc1ccc(C)c(C(=O)NC2(C)CC3CN(c4ccc(-c5cc(CCC(C)C)cn6ncc(C#N)c56)cn4)CC3C2)c1. The highest BCUT2D eigenvalue weighted by Crippen LogP contribution is 2.45. The van der Waals surface area contributed by atoms with Crippen LogP contribution in [0.4, 0.5) is 5.82 Å². The van der Waals surface area contributed by atoms with Crippen LogP contribution >= 0.6 is 0 Å². The van der Waals surface area contributed by atoms with Crippen molar-refractivity contribution in [2.45, 2.75) is 58.9 Å². The van der Waals surface area contributed by atoms with E-state index >= 15 is 0 Å². The van der Waals surface area contributed by atoms with E-state index in [9.17, 15) is 10.1 Å². The maximum absolute atomic E-state index is 13.2. The Morgan fingerprint density at radius 3 is 2.60 bits per heavy atom. The molecule has 1 N–H and O–H groups in total. The van der Waals surface area contributed by atoms with Crippen molar-refractivity contribution in [3.05, 3.63) is 77.2 Å². The molecule has 2 atom stereocenters. The molecule has 1 aliphatic heterocycles. The number of hydrogen-bond acceptors (Lipinski definition) is 5. The normalized spacial score (nSPS) is 21.6. The Hall–Kier alpha value is -4.12. The van der Waals surface area contributed by atoms with E-state index < -0.39 is 0 Å². The van der Waals surface area contributed by atoms with Gasteiger partial charge in [0.05, 0.1) is 17.3 Å². The van der Waals surface area contributed by atoms with Crippen molar-refractivity contribution >= 4 is 30.6 Å². The molecule has 2 unspecified atom stereocenters. The summed E-state index contributed by atoms with van der Waals surface area (Å²) in [5, 5.41) is 17.6. The topological polar surface area (TPSA) is 86.3 Å². The summed E-state index contributed by atoms with van der Waals surface area (Å²) in [6, 6.07) is 14.8. The summed E-state index contributed by atoms with van der Waals surface area (Å²) in [7, 11) is 2.03. The summed E-state index contributed by atoms with van der Waals surface area (Å²) < 4.78 is 1.84. The molecule has 6 rings (SSSR count). The minimum Gasteiger partial charge on any atom is -0.356 e. The van der Waals surface area contributed by atoms with Crippen LogP contribution in [0.25, 0.3) is 16.6 Å². The molecular weight excluding hydrogens is 519 g/mol. The number of hydrogen-bond donors (Lipinski definition) is 1. The lowest BCUT2D eigenvalue weighted by atomic mass is 9.91. The molecule has 1 saturated carbocycles. The Morgan fingerprint density at radius 1 is 1.17 bits per heavy atom. The van der Waals surface area contributed by atoms with Crippen molar-refractivity contribution in [3.8, 4) is 17.2 Å². The minimum absolute atomic E-state index is 0.0351. The Bertz CT molecular complexity index is 1670. The molecule has 4 aromatic rings. The monoisotopic (exact) mass is 558 g/mol. The van der Waals surface area contributed by atoms with Crippen LogP contribution in [0, 0.1) is 36.0 Å². The highest BCUT2D eigenvalue weighted by Gasteiger charge is 2.47. The van der Waals surface area contributed by atoms with Gasteiger partial charge >= 0.3 is 0 Å². The van der Waals surface area contributed by atoms with Gasteiger partial charge in [-0.2, -0.15) is 10.4 Å². The summed E-state index contributed by atoms with van der Waals surface area (Å²) in [4.78, 5) is 20.5. The van der Waals surface area contributed by atoms with E-state index in [2.05, 4.69) is 66.4 Å². The lowest BCUT2D eigenvalue weighted by molar-refractivity contribution is 0.0904. The second-order valence-corrected chi connectivity index (χ2v) is 13.2. The number of rotatable bonds is 7. The minimum atomic E-state index is -0.193. The van der Waals surface area contributed by atoms with Gasteiger partial charge in [-0.1, -0.05) is 37.5 Å². The highest BCUT2D eigenvalue weighted by molar-refractivity contribution is 6.32. The first-order chi connectivity index (χ1) is 20.1. The van der Waals surface area contributed by atoms with Crippen LogP contribution in [0.1, 0.15) is 67.1 Å². The van der Waals surface area contributed by atoms with E-state index in [0.717, 1.165) is 77.8 Å². The molecule has 1 amide bonds. The second-order valence-electron chi connectivity index (χ2n) is 13.2. The van der Waals surface area contributed by atoms with Gasteiger partial charge in [-0.05, 0) is 86.6 Å². The number of amides is 1. The van der Waals surface area contributed by atoms with Gasteiger partial charge in [-0.15, -0.1) is 0 Å². The fourth-order valence-corrected chi connectivity index (χ4v) is 7.06. The quantitative estimate of drug-likeness (QED) is 0.339. The number of aromatic nitrogens is 3. The first kappa shape index (κ1) is 28.0. The fourth-order valence-electron chi connectivity index (χ4n) is 7.06. The molecule has 0 spiro atoms. The van der Waals surface area contributed by atoms with Gasteiger partial charge in [0.25, 0.3) is 5.91 Å². The second kappa shape index (κ2) is 10.9. The van der Waals surface area contributed by atoms with E-state index in [4.69, 9.17) is 4.98 Å². The van der Waals surface area contributed by atoms with Gasteiger partial charge in [0, 0.05) is 47.7 Å². The molecule has 4 heterocycles. The summed E-state index contributed by atoms with van der Waals surface area (Å²) in [5.41, 5.74) is 7.31. The molecule has 214 valence electrons. The van der Waals surface area contributed by atoms with Crippen LogP contribution < -0.4 is 15.7 Å². The first-order valence-corrected chi connectivity index (χ1v) is 15.1. The predicted octanol–water partition coefficient (Wildman–Crippen LogP) is 4.46. The molecule has 8 heteroatoms. The third kappa shape index (κ3) is 5.41. The van der Waals surface area contributed by atoms with Crippen LogP contribution in [0.15, 0.2) is 55.0 Å². The summed E-state index contributed by atoms with van der Waals surface area (Å²) >= 11 is 0. The van der Waals surface area contributed by atoms with E-state index in [1.165, 1.54) is 5.56 Å². The van der Waals surface area contributed by atoms with E-state index in [1.54, 1.807) is 6.20 Å². The first-order valence-electron chi connectivity index (χ1n) is 15.1. The molecule has 1 aromatic carbocycles. The molecule has 0 bridgehead atoms. The number of pyridine rings is 2. The van der Waals surface area contributed by atoms with Gasteiger partial charge in [-0.3, -0.25) is 4.79 Å². The summed E-state index contributed by atoms with van der Waals surface area (Å²) in [6.45, 7) is 10.6. The van der Waals surface area contributed by atoms with Crippen LogP contribution in [0.5, 0.6) is 0 Å². The maximum Gasteiger partial charge on any atom is 0.251 e. The number of anilines is 1. The molecule has 2 aliphatic rings. The van der Waals surface area contributed by atoms with Crippen LogP contribution in [-0.4, -0.2) is 47.0 Å². The van der Waals surface area contributed by atoms with Gasteiger partial charge in [-0.25, -0.2) is 9.50 Å². The molecule has 2 fully saturated rings. The predicted molar refractivity (Wildman–Crippen MR) is 170 cm³/mol. The number of carbonyl (C=O) groups excluding carboxylic acids is 1. The number of nitriles is 1. The molecule has 7 nitrogen and oxygen atoms in total. The van der Waals surface area contributed by atoms with Gasteiger partial charge in [0.2, 0.25) is 0 Å². The number of aryl methyl sites for hydroxylation is 2. The number of benzene rings is 1. The maximum atomic E-state index is 13.2. The van der Waals surface area contributed by atoms with Gasteiger partial charge in [0.1, 0.15) is 19.7 Å². The highest BCUT2D eigenvalue weighted by atomic mass is 16.1. The summed E-state index contributed by atoms with van der Waals surface area (Å²) in [5.74, 6) is 2.68. The third-order valence-electron chi connectivity index (χ3n) is 9.24. The van der Waals surface area contributed by atoms with Gasteiger partial charge in [0.15, 0.2) is 0 Å². The van der Waals surface area contributed by atoms with E-state index in [0.29, 0.717) is 23.3 Å². The zero-order valence-electron chi connectivity index (χ0n) is 25.3. The van der Waals surface area contributed by atoms with Crippen molar-refractivity contribution in [3.63, 3.8) is 0 Å². The molecule has 0 radical (unpaired) electrons. The zero-order valence-corrected chi connectivity index (χ0v) is 25.3.